The van der Waals surface area contributed by atoms with Crippen molar-refractivity contribution < 1.29 is 14.7 Å². The number of nitrogens with one attached hydrogen (secondary N) is 2. The summed E-state index contributed by atoms with van der Waals surface area (Å²) >= 11 is 0. The molecule has 5 nitrogen and oxygen atoms in total. The van der Waals surface area contributed by atoms with Crippen LogP contribution in [0.25, 0.3) is 0 Å². The molecule has 0 aromatic heterocycles. The SMILES string of the molecule is CC(=O)/C(C)=C(/C)NNC(=O)Cc1ccc(O)cc1. The molecule has 0 atom stereocenters. The van der Waals surface area contributed by atoms with Gasteiger partial charge in [0, 0.05) is 11.3 Å². The first-order chi connectivity index (χ1) is 8.90. The number of hydrogen-bond acceptors (Lipinski definition) is 4. The number of amides is 1. The maximum absolute atomic E-state index is 11.7. The number of allylic oxidation sites excluding steroid dienone is 2. The summed E-state index contributed by atoms with van der Waals surface area (Å²) in [4.78, 5) is 22.8. The van der Waals surface area contributed by atoms with Crippen molar-refractivity contribution in [2.75, 3.05) is 0 Å². The number of phenolic OH excluding ortho intramolecular Hbond substituents is 1. The summed E-state index contributed by atoms with van der Waals surface area (Å²) < 4.78 is 0. The summed E-state index contributed by atoms with van der Waals surface area (Å²) in [5, 5.41) is 9.13. The maximum Gasteiger partial charge on any atom is 0.242 e. The van der Waals surface area contributed by atoms with E-state index < -0.39 is 0 Å². The van der Waals surface area contributed by atoms with E-state index in [4.69, 9.17) is 5.11 Å². The van der Waals surface area contributed by atoms with E-state index in [1.165, 1.54) is 19.1 Å². The largest absolute Gasteiger partial charge is 0.508 e. The minimum absolute atomic E-state index is 0.0437. The lowest BCUT2D eigenvalue weighted by Crippen LogP contribution is -2.37. The van der Waals surface area contributed by atoms with E-state index in [1.807, 2.05) is 0 Å². The third-order valence-electron chi connectivity index (χ3n) is 2.78. The van der Waals surface area contributed by atoms with Gasteiger partial charge in [0.1, 0.15) is 5.75 Å². The van der Waals surface area contributed by atoms with Crippen molar-refractivity contribution >= 4 is 11.7 Å². The van der Waals surface area contributed by atoms with Crippen LogP contribution in [-0.4, -0.2) is 16.8 Å². The second-order valence-corrected chi connectivity index (χ2v) is 4.32. The standard InChI is InChI=1S/C14H18N2O3/c1-9(11(3)17)10(2)15-16-14(19)8-12-4-6-13(18)7-5-12/h4-7,15,18H,8H2,1-3H3,(H,16,19)/b10-9-. The Morgan fingerprint density at radius 3 is 2.16 bits per heavy atom. The lowest BCUT2D eigenvalue weighted by molar-refractivity contribution is -0.121. The van der Waals surface area contributed by atoms with E-state index in [2.05, 4.69) is 10.9 Å². The van der Waals surface area contributed by atoms with Crippen LogP contribution < -0.4 is 10.9 Å². The maximum atomic E-state index is 11.7. The molecule has 1 rings (SSSR count). The third-order valence-corrected chi connectivity index (χ3v) is 2.78. The zero-order valence-electron chi connectivity index (χ0n) is 11.3. The van der Waals surface area contributed by atoms with Gasteiger partial charge in [-0.25, -0.2) is 0 Å². The highest BCUT2D eigenvalue weighted by Gasteiger charge is 2.05. The van der Waals surface area contributed by atoms with Gasteiger partial charge in [0.25, 0.3) is 0 Å². The average molecular weight is 262 g/mol. The smallest absolute Gasteiger partial charge is 0.242 e. The van der Waals surface area contributed by atoms with Crippen LogP contribution in [0.5, 0.6) is 5.75 Å². The van der Waals surface area contributed by atoms with Crippen LogP contribution in [0.2, 0.25) is 0 Å². The first-order valence-corrected chi connectivity index (χ1v) is 5.91. The van der Waals surface area contributed by atoms with E-state index in [1.54, 1.807) is 26.0 Å². The molecule has 0 aliphatic carbocycles. The number of aromatic hydroxyl groups is 1. The predicted molar refractivity (Wildman–Crippen MR) is 72.1 cm³/mol. The van der Waals surface area contributed by atoms with Crippen LogP contribution in [0.15, 0.2) is 35.5 Å². The molecule has 0 bridgehead atoms. The molecule has 1 amide bonds. The van der Waals surface area contributed by atoms with E-state index >= 15 is 0 Å². The molecule has 0 saturated carbocycles. The van der Waals surface area contributed by atoms with Gasteiger partial charge in [0.05, 0.1) is 6.42 Å². The van der Waals surface area contributed by atoms with Crippen LogP contribution in [0.1, 0.15) is 26.3 Å². The number of hydrogen-bond donors (Lipinski definition) is 3. The van der Waals surface area contributed by atoms with Gasteiger partial charge in [-0.3, -0.25) is 15.0 Å². The van der Waals surface area contributed by atoms with Crippen molar-refractivity contribution in [3.63, 3.8) is 0 Å². The zero-order valence-corrected chi connectivity index (χ0v) is 11.3. The molecule has 0 fully saturated rings. The van der Waals surface area contributed by atoms with Crippen LogP contribution in [0, 0.1) is 0 Å². The molecular weight excluding hydrogens is 244 g/mol. The monoisotopic (exact) mass is 262 g/mol. The van der Waals surface area contributed by atoms with Crippen molar-refractivity contribution in [2.24, 2.45) is 0 Å². The number of rotatable bonds is 5. The Hall–Kier alpha value is -2.30. The molecule has 0 unspecified atom stereocenters. The van der Waals surface area contributed by atoms with Crippen molar-refractivity contribution in [3.05, 3.63) is 41.1 Å². The molecule has 0 aliphatic heterocycles. The molecule has 5 heteroatoms. The Morgan fingerprint density at radius 2 is 1.63 bits per heavy atom. The number of phenols is 1. The highest BCUT2D eigenvalue weighted by Crippen LogP contribution is 2.09. The Kier molecular flexibility index (Phi) is 5.11. The Balaban J connectivity index is 2.51. The summed E-state index contributed by atoms with van der Waals surface area (Å²) in [6.07, 6.45) is 0.194. The average Bonchev–Trinajstić information content (AvgIpc) is 2.37. The molecule has 1 aromatic rings. The summed E-state index contributed by atoms with van der Waals surface area (Å²) in [5.41, 5.74) is 7.21. The highest BCUT2D eigenvalue weighted by atomic mass is 16.3. The van der Waals surface area contributed by atoms with Gasteiger partial charge in [-0.1, -0.05) is 12.1 Å². The van der Waals surface area contributed by atoms with E-state index in [0.29, 0.717) is 11.3 Å². The molecule has 0 aliphatic rings. The Morgan fingerprint density at radius 1 is 1.05 bits per heavy atom. The zero-order chi connectivity index (χ0) is 14.4. The molecule has 19 heavy (non-hydrogen) atoms. The second kappa shape index (κ2) is 6.58. The van der Waals surface area contributed by atoms with Crippen LogP contribution in [0.4, 0.5) is 0 Å². The number of carbonyl (C=O) groups excluding carboxylic acids is 2. The molecular formula is C14H18N2O3. The second-order valence-electron chi connectivity index (χ2n) is 4.32. The van der Waals surface area contributed by atoms with Gasteiger partial charge in [0.2, 0.25) is 5.91 Å². The van der Waals surface area contributed by atoms with Crippen molar-refractivity contribution in [1.82, 2.24) is 10.9 Å². The van der Waals surface area contributed by atoms with Gasteiger partial charge >= 0.3 is 0 Å². The predicted octanol–water partition coefficient (Wildman–Crippen LogP) is 1.44. The topological polar surface area (TPSA) is 78.4 Å². The Labute approximate surface area is 112 Å². The number of hydrazine groups is 1. The fourth-order valence-corrected chi connectivity index (χ4v) is 1.36. The van der Waals surface area contributed by atoms with Gasteiger partial charge in [0.15, 0.2) is 5.78 Å². The first kappa shape index (κ1) is 14.8. The minimum Gasteiger partial charge on any atom is -0.508 e. The first-order valence-electron chi connectivity index (χ1n) is 5.91. The van der Waals surface area contributed by atoms with Gasteiger partial charge < -0.3 is 10.5 Å². The number of carbonyl (C=O) groups is 2. The van der Waals surface area contributed by atoms with Gasteiger partial charge in [-0.15, -0.1) is 0 Å². The minimum atomic E-state index is -0.221. The molecule has 0 saturated heterocycles. The van der Waals surface area contributed by atoms with Crippen molar-refractivity contribution in [1.29, 1.82) is 0 Å². The Bertz CT molecular complexity index is 504. The molecule has 0 heterocycles. The summed E-state index contributed by atoms with van der Waals surface area (Å²) in [7, 11) is 0. The summed E-state index contributed by atoms with van der Waals surface area (Å²) in [6.45, 7) is 4.88. The summed E-state index contributed by atoms with van der Waals surface area (Å²) in [6, 6.07) is 6.42. The van der Waals surface area contributed by atoms with E-state index in [0.717, 1.165) is 5.56 Å². The fraction of sp³-hybridized carbons (Fsp3) is 0.286. The molecule has 0 radical (unpaired) electrons. The van der Waals surface area contributed by atoms with Gasteiger partial charge in [-0.05, 0) is 38.5 Å². The molecule has 0 spiro atoms. The van der Waals surface area contributed by atoms with Crippen LogP contribution in [-0.2, 0) is 16.0 Å². The number of Topliss-reactive ketones (excluding diaryl/α,β-unsaturated/α-hetero) is 1. The lowest BCUT2D eigenvalue weighted by atomic mass is 10.1. The van der Waals surface area contributed by atoms with Crippen LogP contribution in [0.3, 0.4) is 0 Å². The highest BCUT2D eigenvalue weighted by molar-refractivity contribution is 5.93. The fourth-order valence-electron chi connectivity index (χ4n) is 1.36. The van der Waals surface area contributed by atoms with Gasteiger partial charge in [-0.2, -0.15) is 0 Å². The number of benzene rings is 1. The molecule has 3 N–H and O–H groups in total. The van der Waals surface area contributed by atoms with E-state index in [-0.39, 0.29) is 23.9 Å². The molecule has 1 aromatic carbocycles. The lowest BCUT2D eigenvalue weighted by Gasteiger charge is -2.10. The third kappa shape index (κ3) is 4.83. The molecule has 102 valence electrons. The van der Waals surface area contributed by atoms with Crippen molar-refractivity contribution in [3.8, 4) is 5.75 Å². The normalized spacial score (nSPS) is 11.5. The quantitative estimate of drug-likeness (QED) is 0.554. The number of ketones is 1. The van der Waals surface area contributed by atoms with E-state index in [9.17, 15) is 9.59 Å². The van der Waals surface area contributed by atoms with Crippen molar-refractivity contribution in [2.45, 2.75) is 27.2 Å². The van der Waals surface area contributed by atoms with Crippen LogP contribution >= 0.6 is 0 Å². The summed E-state index contributed by atoms with van der Waals surface area (Å²) in [5.74, 6) is -0.0997.